The molecule has 2 aromatic carbocycles. The van der Waals surface area contributed by atoms with E-state index in [2.05, 4.69) is 29.3 Å². The van der Waals surface area contributed by atoms with E-state index in [0.29, 0.717) is 0 Å². The number of aromatic nitrogens is 3. The molecule has 0 bridgehead atoms. The molecule has 0 saturated carbocycles. The lowest BCUT2D eigenvalue weighted by atomic mass is 10.1. The lowest BCUT2D eigenvalue weighted by Gasteiger charge is -2.12. The molecule has 128 valence electrons. The maximum Gasteiger partial charge on any atom is 0.196 e. The number of carbonyl (C=O) groups is 1. The van der Waals surface area contributed by atoms with Crippen LogP contribution in [0.1, 0.15) is 34.2 Å². The molecule has 0 radical (unpaired) electrons. The number of thioether (sulfide) groups is 1. The average Bonchev–Trinajstić information content (AvgIpc) is 2.96. The standard InChI is InChI=1S/C20H21N3OS/c1-13-5-9-17(10-6-13)19(24)15(3)25-20-22-21-16(4)23(20)18-11-7-14(2)8-12-18/h5-12,15H,1-4H3/t15-/m1/s1. The molecule has 0 unspecified atom stereocenters. The zero-order valence-electron chi connectivity index (χ0n) is 14.9. The van der Waals surface area contributed by atoms with Gasteiger partial charge < -0.3 is 0 Å². The molecule has 0 aliphatic carbocycles. The van der Waals surface area contributed by atoms with E-state index in [1.54, 1.807) is 0 Å². The Labute approximate surface area is 152 Å². The van der Waals surface area contributed by atoms with Gasteiger partial charge in [0.05, 0.1) is 5.25 Å². The second-order valence-electron chi connectivity index (χ2n) is 6.19. The fraction of sp³-hybridized carbons (Fsp3) is 0.250. The molecule has 25 heavy (non-hydrogen) atoms. The molecule has 0 N–H and O–H groups in total. The van der Waals surface area contributed by atoms with Crippen molar-refractivity contribution in [3.05, 3.63) is 71.0 Å². The highest BCUT2D eigenvalue weighted by molar-refractivity contribution is 8.00. The van der Waals surface area contributed by atoms with Crippen molar-refractivity contribution in [3.63, 3.8) is 0 Å². The van der Waals surface area contributed by atoms with Gasteiger partial charge >= 0.3 is 0 Å². The van der Waals surface area contributed by atoms with Gasteiger partial charge in [-0.1, -0.05) is 59.3 Å². The van der Waals surface area contributed by atoms with Crippen molar-refractivity contribution >= 4 is 17.5 Å². The van der Waals surface area contributed by atoms with Gasteiger partial charge in [-0.2, -0.15) is 0 Å². The quantitative estimate of drug-likeness (QED) is 0.499. The topological polar surface area (TPSA) is 47.8 Å². The molecule has 1 aromatic heterocycles. The summed E-state index contributed by atoms with van der Waals surface area (Å²) in [5.41, 5.74) is 4.08. The first-order valence-electron chi connectivity index (χ1n) is 8.22. The summed E-state index contributed by atoms with van der Waals surface area (Å²) in [6.07, 6.45) is 0. The van der Waals surface area contributed by atoms with Crippen molar-refractivity contribution in [2.75, 3.05) is 0 Å². The predicted molar refractivity (Wildman–Crippen MR) is 102 cm³/mol. The van der Waals surface area contributed by atoms with Gasteiger partial charge in [-0.15, -0.1) is 10.2 Å². The van der Waals surface area contributed by atoms with Crippen LogP contribution in [-0.2, 0) is 0 Å². The summed E-state index contributed by atoms with van der Waals surface area (Å²) in [4.78, 5) is 12.7. The Bertz CT molecular complexity index is 882. The number of Topliss-reactive ketones (excluding diaryl/α,β-unsaturated/α-hetero) is 1. The molecule has 3 rings (SSSR count). The van der Waals surface area contributed by atoms with Crippen LogP contribution in [-0.4, -0.2) is 25.8 Å². The minimum Gasteiger partial charge on any atom is -0.293 e. The molecule has 1 atom stereocenters. The highest BCUT2D eigenvalue weighted by Gasteiger charge is 2.21. The van der Waals surface area contributed by atoms with E-state index in [-0.39, 0.29) is 11.0 Å². The molecule has 4 nitrogen and oxygen atoms in total. The van der Waals surface area contributed by atoms with Crippen LogP contribution in [0.4, 0.5) is 0 Å². The summed E-state index contributed by atoms with van der Waals surface area (Å²) < 4.78 is 1.99. The van der Waals surface area contributed by atoms with Crippen molar-refractivity contribution < 1.29 is 4.79 Å². The van der Waals surface area contributed by atoms with Crippen LogP contribution in [0.25, 0.3) is 5.69 Å². The molecule has 0 saturated heterocycles. The van der Waals surface area contributed by atoms with E-state index in [1.165, 1.54) is 17.3 Å². The van der Waals surface area contributed by atoms with Crippen LogP contribution in [0.2, 0.25) is 0 Å². The Morgan fingerprint density at radius 3 is 2.08 bits per heavy atom. The fourth-order valence-corrected chi connectivity index (χ4v) is 3.56. The van der Waals surface area contributed by atoms with Crippen LogP contribution < -0.4 is 0 Å². The third-order valence-electron chi connectivity index (χ3n) is 4.07. The van der Waals surface area contributed by atoms with Crippen molar-refractivity contribution in [2.45, 2.75) is 38.1 Å². The average molecular weight is 351 g/mol. The van der Waals surface area contributed by atoms with Gasteiger partial charge in [0, 0.05) is 11.3 Å². The van der Waals surface area contributed by atoms with Gasteiger partial charge in [0.2, 0.25) is 0 Å². The fourth-order valence-electron chi connectivity index (χ4n) is 2.57. The number of hydrogen-bond acceptors (Lipinski definition) is 4. The summed E-state index contributed by atoms with van der Waals surface area (Å²) in [7, 11) is 0. The number of benzene rings is 2. The van der Waals surface area contributed by atoms with Crippen molar-refractivity contribution in [1.29, 1.82) is 0 Å². The summed E-state index contributed by atoms with van der Waals surface area (Å²) in [6.45, 7) is 7.90. The van der Waals surface area contributed by atoms with Gasteiger partial charge in [-0.3, -0.25) is 9.36 Å². The number of carbonyl (C=O) groups excluding carboxylic acids is 1. The van der Waals surface area contributed by atoms with Crippen LogP contribution in [0.15, 0.2) is 53.7 Å². The second-order valence-corrected chi connectivity index (χ2v) is 7.50. The number of aryl methyl sites for hydroxylation is 3. The Kier molecular flexibility index (Phi) is 5.04. The summed E-state index contributed by atoms with van der Waals surface area (Å²) in [6, 6.07) is 15.9. The number of nitrogens with zero attached hydrogens (tertiary/aromatic N) is 3. The maximum absolute atomic E-state index is 12.7. The Balaban J connectivity index is 1.84. The number of rotatable bonds is 5. The van der Waals surface area contributed by atoms with Crippen molar-refractivity contribution in [2.24, 2.45) is 0 Å². The van der Waals surface area contributed by atoms with Crippen molar-refractivity contribution in [1.82, 2.24) is 14.8 Å². The van der Waals surface area contributed by atoms with Crippen LogP contribution in [0, 0.1) is 20.8 Å². The Morgan fingerprint density at radius 2 is 1.48 bits per heavy atom. The molecule has 0 aliphatic heterocycles. The predicted octanol–water partition coefficient (Wildman–Crippen LogP) is 4.56. The van der Waals surface area contributed by atoms with Crippen LogP contribution in [0.3, 0.4) is 0 Å². The molecular formula is C20H21N3OS. The van der Waals surface area contributed by atoms with E-state index >= 15 is 0 Å². The summed E-state index contributed by atoms with van der Waals surface area (Å²) in [5, 5.41) is 8.95. The molecule has 0 fully saturated rings. The SMILES string of the molecule is Cc1ccc(C(=O)[C@@H](C)Sc2nnc(C)n2-c2ccc(C)cc2)cc1. The van der Waals surface area contributed by atoms with Gasteiger partial charge in [-0.05, 0) is 39.8 Å². The lowest BCUT2D eigenvalue weighted by Crippen LogP contribution is -2.14. The van der Waals surface area contributed by atoms with Crippen molar-refractivity contribution in [3.8, 4) is 5.69 Å². The smallest absolute Gasteiger partial charge is 0.196 e. The number of hydrogen-bond donors (Lipinski definition) is 0. The van der Waals surface area contributed by atoms with E-state index in [1.807, 2.05) is 61.7 Å². The molecule has 0 aliphatic rings. The van der Waals surface area contributed by atoms with E-state index in [0.717, 1.165) is 27.8 Å². The molecule has 0 amide bonds. The largest absolute Gasteiger partial charge is 0.293 e. The highest BCUT2D eigenvalue weighted by Crippen LogP contribution is 2.27. The van der Waals surface area contributed by atoms with Crippen LogP contribution >= 0.6 is 11.8 Å². The summed E-state index contributed by atoms with van der Waals surface area (Å²) >= 11 is 1.44. The van der Waals surface area contributed by atoms with Gasteiger partial charge in [0.1, 0.15) is 5.82 Å². The van der Waals surface area contributed by atoms with E-state index < -0.39 is 0 Å². The minimum absolute atomic E-state index is 0.0982. The minimum atomic E-state index is -0.240. The summed E-state index contributed by atoms with van der Waals surface area (Å²) in [5.74, 6) is 0.905. The normalized spacial score (nSPS) is 12.2. The molecule has 5 heteroatoms. The van der Waals surface area contributed by atoms with E-state index in [4.69, 9.17) is 0 Å². The Morgan fingerprint density at radius 1 is 0.920 bits per heavy atom. The van der Waals surface area contributed by atoms with Gasteiger partial charge in [0.25, 0.3) is 0 Å². The first kappa shape index (κ1) is 17.4. The van der Waals surface area contributed by atoms with Crippen LogP contribution in [0.5, 0.6) is 0 Å². The molecule has 3 aromatic rings. The van der Waals surface area contributed by atoms with Gasteiger partial charge in [-0.25, -0.2) is 0 Å². The first-order chi connectivity index (χ1) is 12.0. The lowest BCUT2D eigenvalue weighted by molar-refractivity contribution is 0.0994. The molecular weight excluding hydrogens is 330 g/mol. The number of ketones is 1. The zero-order chi connectivity index (χ0) is 18.0. The second kappa shape index (κ2) is 7.23. The van der Waals surface area contributed by atoms with E-state index in [9.17, 15) is 4.79 Å². The monoisotopic (exact) mass is 351 g/mol. The van der Waals surface area contributed by atoms with Gasteiger partial charge in [0.15, 0.2) is 10.9 Å². The Hall–Kier alpha value is -2.40. The maximum atomic E-state index is 12.7. The highest BCUT2D eigenvalue weighted by atomic mass is 32.2. The molecule has 1 heterocycles. The third kappa shape index (κ3) is 3.82. The third-order valence-corrected chi connectivity index (χ3v) is 5.12. The first-order valence-corrected chi connectivity index (χ1v) is 9.10. The molecule has 0 spiro atoms. The zero-order valence-corrected chi connectivity index (χ0v) is 15.7.